The predicted octanol–water partition coefficient (Wildman–Crippen LogP) is 3.79. The summed E-state index contributed by atoms with van der Waals surface area (Å²) < 4.78 is 5.71. The van der Waals surface area contributed by atoms with Crippen LogP contribution in [0, 0.1) is 0 Å². The smallest absolute Gasteiger partial charge is 0.251 e. The molecule has 3 heteroatoms. The van der Waals surface area contributed by atoms with Gasteiger partial charge in [0.15, 0.2) is 0 Å². The standard InChI is InChI=1S/C19H23NO2/c1-19(2,3)16-10-7-11-17(14-16)22-13-12-20-18(21)15-8-5-4-6-9-15/h4-11,14H,12-13H2,1-3H3,(H,20,21). The van der Waals surface area contributed by atoms with Crippen LogP contribution in [0.1, 0.15) is 36.7 Å². The van der Waals surface area contributed by atoms with Gasteiger partial charge in [0.05, 0.1) is 6.54 Å². The zero-order valence-corrected chi connectivity index (χ0v) is 13.4. The zero-order valence-electron chi connectivity index (χ0n) is 13.4. The van der Waals surface area contributed by atoms with Crippen LogP contribution in [0.25, 0.3) is 0 Å². The van der Waals surface area contributed by atoms with Crippen molar-refractivity contribution < 1.29 is 9.53 Å². The van der Waals surface area contributed by atoms with Crippen molar-refractivity contribution in [1.29, 1.82) is 0 Å². The van der Waals surface area contributed by atoms with Crippen LogP contribution >= 0.6 is 0 Å². The first kappa shape index (κ1) is 16.1. The summed E-state index contributed by atoms with van der Waals surface area (Å²) in [5.74, 6) is 0.758. The maximum atomic E-state index is 11.9. The lowest BCUT2D eigenvalue weighted by Crippen LogP contribution is -2.28. The van der Waals surface area contributed by atoms with E-state index >= 15 is 0 Å². The summed E-state index contributed by atoms with van der Waals surface area (Å²) in [4.78, 5) is 11.9. The fourth-order valence-electron chi connectivity index (χ4n) is 2.08. The summed E-state index contributed by atoms with van der Waals surface area (Å²) in [6.07, 6.45) is 0. The lowest BCUT2D eigenvalue weighted by atomic mass is 9.87. The van der Waals surface area contributed by atoms with Gasteiger partial charge in [0.25, 0.3) is 5.91 Å². The number of nitrogens with one attached hydrogen (secondary N) is 1. The molecule has 0 aromatic heterocycles. The van der Waals surface area contributed by atoms with Crippen molar-refractivity contribution in [3.8, 4) is 5.75 Å². The van der Waals surface area contributed by atoms with Gasteiger partial charge in [0.2, 0.25) is 0 Å². The Morgan fingerprint density at radius 1 is 1.05 bits per heavy atom. The second-order valence-electron chi connectivity index (χ2n) is 6.25. The topological polar surface area (TPSA) is 38.3 Å². The van der Waals surface area contributed by atoms with E-state index in [-0.39, 0.29) is 11.3 Å². The predicted molar refractivity (Wildman–Crippen MR) is 89.4 cm³/mol. The fraction of sp³-hybridized carbons (Fsp3) is 0.316. The molecule has 3 nitrogen and oxygen atoms in total. The molecule has 116 valence electrons. The van der Waals surface area contributed by atoms with Gasteiger partial charge in [-0.15, -0.1) is 0 Å². The Balaban J connectivity index is 1.81. The molecule has 2 aromatic carbocycles. The summed E-state index contributed by atoms with van der Waals surface area (Å²) in [5, 5.41) is 2.85. The Bertz CT molecular complexity index is 615. The van der Waals surface area contributed by atoms with Crippen LogP contribution < -0.4 is 10.1 Å². The molecule has 0 bridgehead atoms. The summed E-state index contributed by atoms with van der Waals surface area (Å²) in [6, 6.07) is 17.3. The van der Waals surface area contributed by atoms with E-state index in [0.29, 0.717) is 18.7 Å². The van der Waals surface area contributed by atoms with Crippen molar-refractivity contribution >= 4 is 5.91 Å². The monoisotopic (exact) mass is 297 g/mol. The fourth-order valence-corrected chi connectivity index (χ4v) is 2.08. The minimum absolute atomic E-state index is 0.0763. The van der Waals surface area contributed by atoms with Crippen LogP contribution in [-0.2, 0) is 5.41 Å². The molecule has 2 aromatic rings. The molecule has 0 saturated heterocycles. The molecule has 1 N–H and O–H groups in total. The number of hydrogen-bond donors (Lipinski definition) is 1. The summed E-state index contributed by atoms with van der Waals surface area (Å²) in [6.45, 7) is 7.45. The van der Waals surface area contributed by atoms with Crippen molar-refractivity contribution in [3.05, 3.63) is 65.7 Å². The van der Waals surface area contributed by atoms with Crippen molar-refractivity contribution in [2.75, 3.05) is 13.2 Å². The molecule has 0 radical (unpaired) electrons. The molecule has 0 spiro atoms. The van der Waals surface area contributed by atoms with E-state index < -0.39 is 0 Å². The number of ether oxygens (including phenoxy) is 1. The quantitative estimate of drug-likeness (QED) is 0.853. The van der Waals surface area contributed by atoms with Crippen LogP contribution in [-0.4, -0.2) is 19.1 Å². The second kappa shape index (κ2) is 7.12. The lowest BCUT2D eigenvalue weighted by Gasteiger charge is -2.19. The highest BCUT2D eigenvalue weighted by Gasteiger charge is 2.13. The summed E-state index contributed by atoms with van der Waals surface area (Å²) in [7, 11) is 0. The molecular formula is C19H23NO2. The first-order valence-electron chi connectivity index (χ1n) is 7.53. The van der Waals surface area contributed by atoms with E-state index in [1.807, 2.05) is 30.3 Å². The molecule has 1 amide bonds. The third-order valence-electron chi connectivity index (χ3n) is 3.39. The average Bonchev–Trinajstić information content (AvgIpc) is 2.52. The number of hydrogen-bond acceptors (Lipinski definition) is 2. The van der Waals surface area contributed by atoms with Gasteiger partial charge in [-0.3, -0.25) is 4.79 Å². The highest BCUT2D eigenvalue weighted by Crippen LogP contribution is 2.25. The van der Waals surface area contributed by atoms with Gasteiger partial charge < -0.3 is 10.1 Å². The van der Waals surface area contributed by atoms with Gasteiger partial charge in [-0.05, 0) is 35.2 Å². The molecule has 0 heterocycles. The van der Waals surface area contributed by atoms with Crippen molar-refractivity contribution in [2.45, 2.75) is 26.2 Å². The molecule has 0 aliphatic carbocycles. The van der Waals surface area contributed by atoms with Crippen LogP contribution in [0.5, 0.6) is 5.75 Å². The first-order valence-corrected chi connectivity index (χ1v) is 7.53. The van der Waals surface area contributed by atoms with E-state index in [0.717, 1.165) is 5.75 Å². The van der Waals surface area contributed by atoms with Crippen LogP contribution in [0.4, 0.5) is 0 Å². The Hall–Kier alpha value is -2.29. The third kappa shape index (κ3) is 4.62. The number of carbonyl (C=O) groups excluding carboxylic acids is 1. The largest absolute Gasteiger partial charge is 0.492 e. The molecule has 22 heavy (non-hydrogen) atoms. The highest BCUT2D eigenvalue weighted by molar-refractivity contribution is 5.94. The van der Waals surface area contributed by atoms with E-state index in [2.05, 4.69) is 38.2 Å². The van der Waals surface area contributed by atoms with E-state index in [4.69, 9.17) is 4.74 Å². The van der Waals surface area contributed by atoms with Gasteiger partial charge in [-0.2, -0.15) is 0 Å². The van der Waals surface area contributed by atoms with Crippen molar-refractivity contribution in [2.24, 2.45) is 0 Å². The lowest BCUT2D eigenvalue weighted by molar-refractivity contribution is 0.0947. The zero-order chi connectivity index (χ0) is 16.0. The summed E-state index contributed by atoms with van der Waals surface area (Å²) >= 11 is 0. The Morgan fingerprint density at radius 3 is 2.45 bits per heavy atom. The second-order valence-corrected chi connectivity index (χ2v) is 6.25. The molecule has 2 rings (SSSR count). The molecule has 0 saturated carbocycles. The number of rotatable bonds is 5. The molecule has 0 aliphatic rings. The molecular weight excluding hydrogens is 274 g/mol. The minimum atomic E-state index is -0.0763. The van der Waals surface area contributed by atoms with E-state index in [1.54, 1.807) is 12.1 Å². The molecule has 0 atom stereocenters. The van der Waals surface area contributed by atoms with Gasteiger partial charge >= 0.3 is 0 Å². The Morgan fingerprint density at radius 2 is 1.77 bits per heavy atom. The van der Waals surface area contributed by atoms with Crippen LogP contribution in [0.2, 0.25) is 0 Å². The number of benzene rings is 2. The van der Waals surface area contributed by atoms with Gasteiger partial charge in [0.1, 0.15) is 12.4 Å². The van der Waals surface area contributed by atoms with Gasteiger partial charge in [-0.1, -0.05) is 51.1 Å². The van der Waals surface area contributed by atoms with Crippen molar-refractivity contribution in [3.63, 3.8) is 0 Å². The minimum Gasteiger partial charge on any atom is -0.492 e. The van der Waals surface area contributed by atoms with Gasteiger partial charge in [0, 0.05) is 5.56 Å². The molecule has 0 aliphatic heterocycles. The Kier molecular flexibility index (Phi) is 5.21. The SMILES string of the molecule is CC(C)(C)c1cccc(OCCNC(=O)c2ccccc2)c1. The summed E-state index contributed by atoms with van der Waals surface area (Å²) in [5.41, 5.74) is 2.00. The first-order chi connectivity index (χ1) is 10.5. The molecule has 0 fully saturated rings. The molecule has 0 unspecified atom stereocenters. The van der Waals surface area contributed by atoms with Crippen molar-refractivity contribution in [1.82, 2.24) is 5.32 Å². The maximum absolute atomic E-state index is 11.9. The number of amides is 1. The maximum Gasteiger partial charge on any atom is 0.251 e. The average molecular weight is 297 g/mol. The van der Waals surface area contributed by atoms with E-state index in [9.17, 15) is 4.79 Å². The highest BCUT2D eigenvalue weighted by atomic mass is 16.5. The number of carbonyl (C=O) groups is 1. The third-order valence-corrected chi connectivity index (χ3v) is 3.39. The van der Waals surface area contributed by atoms with E-state index in [1.165, 1.54) is 5.56 Å². The normalized spacial score (nSPS) is 11.0. The Labute approximate surface area is 132 Å². The van der Waals surface area contributed by atoms with Crippen LogP contribution in [0.3, 0.4) is 0 Å². The van der Waals surface area contributed by atoms with Crippen LogP contribution in [0.15, 0.2) is 54.6 Å². The van der Waals surface area contributed by atoms with Gasteiger partial charge in [-0.25, -0.2) is 0 Å².